The molecule has 0 saturated heterocycles. The first-order chi connectivity index (χ1) is 13.4. The van der Waals surface area contributed by atoms with Crippen LogP contribution in [-0.4, -0.2) is 20.7 Å². The average molecular weight is 395 g/mol. The van der Waals surface area contributed by atoms with E-state index in [9.17, 15) is 4.79 Å². The van der Waals surface area contributed by atoms with Gasteiger partial charge in [-0.3, -0.25) is 14.5 Å². The Morgan fingerprint density at radius 3 is 2.71 bits per heavy atom. The number of nitrogens with one attached hydrogen (secondary N) is 1. The van der Waals surface area contributed by atoms with Gasteiger partial charge in [0.2, 0.25) is 0 Å². The minimum absolute atomic E-state index is 0.237. The first-order valence-electron chi connectivity index (χ1n) is 8.88. The van der Waals surface area contributed by atoms with Gasteiger partial charge in [0.25, 0.3) is 5.91 Å². The zero-order valence-corrected chi connectivity index (χ0v) is 16.5. The van der Waals surface area contributed by atoms with E-state index in [0.717, 1.165) is 28.0 Å². The summed E-state index contributed by atoms with van der Waals surface area (Å²) in [5.74, 6) is 0.553. The number of amides is 1. The zero-order valence-electron chi connectivity index (χ0n) is 15.8. The largest absolute Gasteiger partial charge is 0.454 e. The van der Waals surface area contributed by atoms with Crippen LogP contribution in [0, 0.1) is 20.8 Å². The number of anilines is 1. The molecule has 4 aromatic rings. The van der Waals surface area contributed by atoms with Crippen molar-refractivity contribution < 1.29 is 9.21 Å². The van der Waals surface area contributed by atoms with Gasteiger partial charge in [0.15, 0.2) is 5.76 Å². The number of hydrogen-bond donors (Lipinski definition) is 1. The van der Waals surface area contributed by atoms with Gasteiger partial charge in [-0.15, -0.1) is 0 Å². The van der Waals surface area contributed by atoms with Gasteiger partial charge in [0.05, 0.1) is 34.2 Å². The van der Waals surface area contributed by atoms with Crippen LogP contribution in [0.15, 0.2) is 46.9 Å². The van der Waals surface area contributed by atoms with Crippen LogP contribution in [0.1, 0.15) is 33.4 Å². The van der Waals surface area contributed by atoms with Crippen molar-refractivity contribution in [3.8, 4) is 0 Å². The molecule has 1 aromatic carbocycles. The van der Waals surface area contributed by atoms with Gasteiger partial charge >= 0.3 is 0 Å². The van der Waals surface area contributed by atoms with E-state index < -0.39 is 0 Å². The Kier molecular flexibility index (Phi) is 4.65. The number of pyridine rings is 1. The molecule has 4 rings (SSSR count). The Bertz CT molecular complexity index is 1190. The van der Waals surface area contributed by atoms with Gasteiger partial charge in [-0.1, -0.05) is 29.8 Å². The normalized spacial score (nSPS) is 11.1. The van der Waals surface area contributed by atoms with Gasteiger partial charge in [-0.2, -0.15) is 5.10 Å². The summed E-state index contributed by atoms with van der Waals surface area (Å²) >= 11 is 6.19. The van der Waals surface area contributed by atoms with Crippen LogP contribution in [0.5, 0.6) is 0 Å². The number of carbonyl (C=O) groups is 1. The molecule has 0 saturated carbocycles. The number of para-hydroxylation sites is 1. The quantitative estimate of drug-likeness (QED) is 0.534. The zero-order chi connectivity index (χ0) is 19.8. The molecule has 0 spiro atoms. The fraction of sp³-hybridized carbons (Fsp3) is 0.190. The van der Waals surface area contributed by atoms with Crippen molar-refractivity contribution in [1.82, 2.24) is 14.8 Å². The Labute approximate surface area is 167 Å². The summed E-state index contributed by atoms with van der Waals surface area (Å²) in [5.41, 5.74) is 4.00. The molecular formula is C21H19ClN4O2. The summed E-state index contributed by atoms with van der Waals surface area (Å²) in [7, 11) is 0. The molecule has 0 aliphatic rings. The lowest BCUT2D eigenvalue weighted by molar-refractivity contribution is 0.0995. The van der Waals surface area contributed by atoms with Crippen LogP contribution in [0.2, 0.25) is 5.02 Å². The molecule has 3 aromatic heterocycles. The third-order valence-electron chi connectivity index (χ3n) is 4.58. The van der Waals surface area contributed by atoms with E-state index in [0.29, 0.717) is 23.0 Å². The number of rotatable bonds is 4. The molecule has 0 aliphatic heterocycles. The van der Waals surface area contributed by atoms with Gasteiger partial charge in [-0.25, -0.2) is 0 Å². The van der Waals surface area contributed by atoms with E-state index in [4.69, 9.17) is 16.0 Å². The summed E-state index contributed by atoms with van der Waals surface area (Å²) in [6, 6.07) is 13.0. The third-order valence-corrected chi connectivity index (χ3v) is 5.12. The van der Waals surface area contributed by atoms with Crippen molar-refractivity contribution in [3.05, 3.63) is 76.1 Å². The Hall–Kier alpha value is -3.12. The fourth-order valence-electron chi connectivity index (χ4n) is 3.16. The average Bonchev–Trinajstić information content (AvgIpc) is 3.23. The third kappa shape index (κ3) is 3.39. The molecule has 0 bridgehead atoms. The molecule has 7 heteroatoms. The van der Waals surface area contributed by atoms with E-state index in [1.54, 1.807) is 16.8 Å². The highest BCUT2D eigenvalue weighted by molar-refractivity contribution is 6.31. The van der Waals surface area contributed by atoms with Crippen LogP contribution in [0.4, 0.5) is 5.69 Å². The second-order valence-electron chi connectivity index (χ2n) is 6.69. The minimum atomic E-state index is -0.312. The molecule has 0 radical (unpaired) electrons. The first-order valence-corrected chi connectivity index (χ1v) is 9.26. The summed E-state index contributed by atoms with van der Waals surface area (Å²) in [6.45, 7) is 6.06. The molecule has 28 heavy (non-hydrogen) atoms. The van der Waals surface area contributed by atoms with Crippen LogP contribution < -0.4 is 5.32 Å². The lowest BCUT2D eigenvalue weighted by Crippen LogP contribution is -2.12. The number of halogens is 1. The summed E-state index contributed by atoms with van der Waals surface area (Å²) in [4.78, 5) is 17.2. The van der Waals surface area contributed by atoms with Crippen LogP contribution in [0.3, 0.4) is 0 Å². The van der Waals surface area contributed by atoms with Crippen molar-refractivity contribution in [2.45, 2.75) is 27.3 Å². The summed E-state index contributed by atoms with van der Waals surface area (Å²) in [6.07, 6.45) is 0. The summed E-state index contributed by atoms with van der Waals surface area (Å²) in [5, 5.41) is 8.84. The number of fused-ring (bicyclic) bond motifs is 1. The van der Waals surface area contributed by atoms with Crippen LogP contribution >= 0.6 is 11.6 Å². The highest BCUT2D eigenvalue weighted by atomic mass is 35.5. The Balaban J connectivity index is 1.56. The van der Waals surface area contributed by atoms with Crippen LogP contribution in [-0.2, 0) is 6.54 Å². The highest BCUT2D eigenvalue weighted by Crippen LogP contribution is 2.24. The number of carbonyl (C=O) groups excluding carboxylic acids is 1. The first kappa shape index (κ1) is 18.3. The van der Waals surface area contributed by atoms with E-state index >= 15 is 0 Å². The monoisotopic (exact) mass is 394 g/mol. The number of furan rings is 1. The minimum Gasteiger partial charge on any atom is -0.454 e. The molecule has 3 heterocycles. The fourth-order valence-corrected chi connectivity index (χ4v) is 3.29. The number of hydrogen-bond acceptors (Lipinski definition) is 4. The summed E-state index contributed by atoms with van der Waals surface area (Å²) < 4.78 is 7.50. The molecule has 0 aliphatic carbocycles. The van der Waals surface area contributed by atoms with Crippen molar-refractivity contribution in [3.63, 3.8) is 0 Å². The van der Waals surface area contributed by atoms with E-state index in [-0.39, 0.29) is 11.7 Å². The molecule has 142 valence electrons. The lowest BCUT2D eigenvalue weighted by Gasteiger charge is -2.08. The number of benzene rings is 1. The molecule has 6 nitrogen and oxygen atoms in total. The second-order valence-corrected chi connectivity index (χ2v) is 7.07. The molecule has 0 unspecified atom stereocenters. The smallest absolute Gasteiger partial charge is 0.291 e. The number of aryl methyl sites for hydroxylation is 2. The van der Waals surface area contributed by atoms with E-state index in [1.165, 1.54) is 0 Å². The molecule has 1 amide bonds. The van der Waals surface area contributed by atoms with Gasteiger partial charge in [-0.05, 0) is 45.0 Å². The maximum absolute atomic E-state index is 12.7. The molecular weight excluding hydrogens is 376 g/mol. The van der Waals surface area contributed by atoms with E-state index in [2.05, 4.69) is 15.4 Å². The van der Waals surface area contributed by atoms with Gasteiger partial charge in [0, 0.05) is 11.1 Å². The van der Waals surface area contributed by atoms with Crippen molar-refractivity contribution in [2.75, 3.05) is 5.32 Å². The standard InChI is InChI=1S/C21H19ClN4O2/c1-12-10-18(16-6-4-5-7-17(16)23-12)24-21(27)19-9-8-15(28-19)11-26-14(3)20(22)13(2)25-26/h4-10H,11H2,1-3H3,(H,23,24,27). The predicted molar refractivity (Wildman–Crippen MR) is 109 cm³/mol. The van der Waals surface area contributed by atoms with Crippen molar-refractivity contribution in [2.24, 2.45) is 0 Å². The topological polar surface area (TPSA) is 73.0 Å². The molecule has 0 fully saturated rings. The van der Waals surface area contributed by atoms with Crippen molar-refractivity contribution >= 4 is 34.1 Å². The molecule has 0 atom stereocenters. The Morgan fingerprint density at radius 2 is 1.96 bits per heavy atom. The second kappa shape index (κ2) is 7.13. The van der Waals surface area contributed by atoms with Crippen molar-refractivity contribution in [1.29, 1.82) is 0 Å². The number of nitrogens with zero attached hydrogens (tertiary/aromatic N) is 3. The van der Waals surface area contributed by atoms with Crippen LogP contribution in [0.25, 0.3) is 10.9 Å². The van der Waals surface area contributed by atoms with Gasteiger partial charge in [0.1, 0.15) is 5.76 Å². The maximum Gasteiger partial charge on any atom is 0.291 e. The lowest BCUT2D eigenvalue weighted by atomic mass is 10.1. The van der Waals surface area contributed by atoms with E-state index in [1.807, 2.05) is 51.1 Å². The highest BCUT2D eigenvalue weighted by Gasteiger charge is 2.16. The predicted octanol–water partition coefficient (Wildman–Crippen LogP) is 4.90. The Morgan fingerprint density at radius 1 is 1.18 bits per heavy atom. The number of aromatic nitrogens is 3. The van der Waals surface area contributed by atoms with Gasteiger partial charge < -0.3 is 9.73 Å². The maximum atomic E-state index is 12.7. The molecule has 1 N–H and O–H groups in total. The SMILES string of the molecule is Cc1cc(NC(=O)c2ccc(Cn3nc(C)c(Cl)c3C)o2)c2ccccc2n1.